The molecule has 112 valence electrons. The Labute approximate surface area is 120 Å². The average Bonchev–Trinajstić information content (AvgIpc) is 2.85. The summed E-state index contributed by atoms with van der Waals surface area (Å²) in [7, 11) is 1.38. The van der Waals surface area contributed by atoms with Crippen molar-refractivity contribution in [2.75, 3.05) is 26.7 Å². The van der Waals surface area contributed by atoms with Crippen LogP contribution >= 0.6 is 0 Å². The molecule has 0 aliphatic carbocycles. The van der Waals surface area contributed by atoms with Crippen molar-refractivity contribution in [3.8, 4) is 0 Å². The van der Waals surface area contributed by atoms with Gasteiger partial charge in [-0.25, -0.2) is 4.79 Å². The smallest absolute Gasteiger partial charge is 0.341 e. The van der Waals surface area contributed by atoms with Gasteiger partial charge in [0.05, 0.1) is 13.7 Å². The molecule has 1 N–H and O–H groups in total. The minimum Gasteiger partial charge on any atom is -0.465 e. The zero-order valence-electron chi connectivity index (χ0n) is 12.6. The average molecular weight is 280 g/mol. The fraction of sp³-hybridized carbons (Fsp3) is 0.667. The second-order valence-corrected chi connectivity index (χ2v) is 5.29. The van der Waals surface area contributed by atoms with Crippen LogP contribution in [-0.2, 0) is 11.3 Å². The van der Waals surface area contributed by atoms with Crippen LogP contribution in [0.4, 0.5) is 0 Å². The van der Waals surface area contributed by atoms with Gasteiger partial charge in [0.15, 0.2) is 0 Å². The van der Waals surface area contributed by atoms with Crippen LogP contribution in [0.15, 0.2) is 10.5 Å². The lowest BCUT2D eigenvalue weighted by molar-refractivity contribution is 0.0599. The summed E-state index contributed by atoms with van der Waals surface area (Å²) in [5, 5.41) is 3.51. The van der Waals surface area contributed by atoms with Gasteiger partial charge in [-0.3, -0.25) is 0 Å². The largest absolute Gasteiger partial charge is 0.465 e. The Kier molecular flexibility index (Phi) is 5.20. The van der Waals surface area contributed by atoms with Gasteiger partial charge in [-0.15, -0.1) is 0 Å². The Morgan fingerprint density at radius 3 is 3.10 bits per heavy atom. The maximum absolute atomic E-state index is 11.5. The van der Waals surface area contributed by atoms with Crippen molar-refractivity contribution in [3.05, 3.63) is 23.2 Å². The van der Waals surface area contributed by atoms with E-state index in [1.165, 1.54) is 26.5 Å². The monoisotopic (exact) mass is 280 g/mol. The molecule has 1 fully saturated rings. The van der Waals surface area contributed by atoms with Crippen molar-refractivity contribution in [1.82, 2.24) is 10.2 Å². The quantitative estimate of drug-likeness (QED) is 0.835. The van der Waals surface area contributed by atoms with Gasteiger partial charge in [0.2, 0.25) is 0 Å². The number of carbonyl (C=O) groups excluding carboxylic acids is 1. The lowest BCUT2D eigenvalue weighted by Crippen LogP contribution is -2.45. The van der Waals surface area contributed by atoms with Gasteiger partial charge in [-0.05, 0) is 38.9 Å². The fourth-order valence-electron chi connectivity index (χ4n) is 2.70. The summed E-state index contributed by atoms with van der Waals surface area (Å²) in [6.45, 7) is 8.02. The fourth-order valence-corrected chi connectivity index (χ4v) is 2.70. The van der Waals surface area contributed by atoms with Crippen LogP contribution in [0.25, 0.3) is 0 Å². The highest BCUT2D eigenvalue weighted by Crippen LogP contribution is 2.16. The molecule has 1 aromatic heterocycles. The highest BCUT2D eigenvalue weighted by molar-refractivity contribution is 5.90. The second-order valence-electron chi connectivity index (χ2n) is 5.29. The van der Waals surface area contributed by atoms with E-state index in [0.29, 0.717) is 23.9 Å². The van der Waals surface area contributed by atoms with E-state index in [-0.39, 0.29) is 5.97 Å². The highest BCUT2D eigenvalue weighted by atomic mass is 16.5. The normalized spacial score (nSPS) is 20.1. The number of methoxy groups -OCH3 is 1. The molecule has 0 amide bonds. The Balaban J connectivity index is 1.89. The first-order valence-corrected chi connectivity index (χ1v) is 7.27. The maximum atomic E-state index is 11.5. The summed E-state index contributed by atoms with van der Waals surface area (Å²) < 4.78 is 10.3. The Hall–Kier alpha value is -1.33. The topological polar surface area (TPSA) is 54.7 Å². The number of likely N-dealkylation sites (N-methyl/N-ethyl adjacent to an activating group) is 1. The van der Waals surface area contributed by atoms with Crippen LogP contribution in [0.1, 0.15) is 41.6 Å². The molecule has 0 bridgehead atoms. The number of nitrogens with zero attached hydrogens (tertiary/aromatic N) is 1. The molecular weight excluding hydrogens is 256 g/mol. The number of hydrogen-bond donors (Lipinski definition) is 1. The van der Waals surface area contributed by atoms with E-state index < -0.39 is 0 Å². The van der Waals surface area contributed by atoms with Gasteiger partial charge in [0.1, 0.15) is 17.1 Å². The molecule has 0 saturated carbocycles. The lowest BCUT2D eigenvalue weighted by Gasteiger charge is -2.32. The lowest BCUT2D eigenvalue weighted by atomic mass is 10.1. The second kappa shape index (κ2) is 6.90. The molecule has 1 saturated heterocycles. The number of hydrogen-bond acceptors (Lipinski definition) is 5. The first kappa shape index (κ1) is 15.1. The van der Waals surface area contributed by atoms with Crippen LogP contribution in [-0.4, -0.2) is 43.7 Å². The van der Waals surface area contributed by atoms with Crippen LogP contribution in [0, 0.1) is 6.92 Å². The first-order valence-electron chi connectivity index (χ1n) is 7.27. The number of carbonyl (C=O) groups is 1. The van der Waals surface area contributed by atoms with Crippen molar-refractivity contribution >= 4 is 5.97 Å². The van der Waals surface area contributed by atoms with Gasteiger partial charge in [-0.2, -0.15) is 0 Å². The molecule has 2 heterocycles. The summed E-state index contributed by atoms with van der Waals surface area (Å²) in [6, 6.07) is 2.27. The molecule has 1 atom stereocenters. The van der Waals surface area contributed by atoms with Gasteiger partial charge in [-0.1, -0.05) is 6.92 Å². The van der Waals surface area contributed by atoms with Crippen molar-refractivity contribution in [2.45, 2.75) is 39.3 Å². The van der Waals surface area contributed by atoms with Crippen LogP contribution < -0.4 is 5.32 Å². The molecule has 1 aliphatic rings. The van der Waals surface area contributed by atoms with Crippen LogP contribution in [0.2, 0.25) is 0 Å². The predicted octanol–water partition coefficient (Wildman–Crippen LogP) is 1.95. The summed E-state index contributed by atoms with van der Waals surface area (Å²) in [4.78, 5) is 14.0. The number of esters is 1. The van der Waals surface area contributed by atoms with E-state index in [1.54, 1.807) is 13.0 Å². The van der Waals surface area contributed by atoms with Crippen molar-refractivity contribution in [3.63, 3.8) is 0 Å². The zero-order valence-corrected chi connectivity index (χ0v) is 12.6. The SMILES string of the molecule is CCN1CCCC(NCc2cc(C(=O)OC)c(C)o2)C1. The summed E-state index contributed by atoms with van der Waals surface area (Å²) in [5.41, 5.74) is 0.517. The minimum atomic E-state index is -0.340. The van der Waals surface area contributed by atoms with Gasteiger partial charge in [0.25, 0.3) is 0 Å². The predicted molar refractivity (Wildman–Crippen MR) is 76.8 cm³/mol. The molecule has 0 radical (unpaired) electrons. The highest BCUT2D eigenvalue weighted by Gasteiger charge is 2.19. The molecular formula is C15H24N2O3. The molecule has 5 heteroatoms. The van der Waals surface area contributed by atoms with E-state index in [2.05, 4.69) is 17.1 Å². The number of rotatable bonds is 5. The summed E-state index contributed by atoms with van der Waals surface area (Å²) in [6.07, 6.45) is 2.43. The number of nitrogens with one attached hydrogen (secondary N) is 1. The van der Waals surface area contributed by atoms with E-state index >= 15 is 0 Å². The third-order valence-electron chi connectivity index (χ3n) is 3.89. The van der Waals surface area contributed by atoms with Gasteiger partial charge >= 0.3 is 5.97 Å². The number of aryl methyl sites for hydroxylation is 1. The maximum Gasteiger partial charge on any atom is 0.341 e. The number of piperidine rings is 1. The van der Waals surface area contributed by atoms with E-state index in [0.717, 1.165) is 18.8 Å². The zero-order chi connectivity index (χ0) is 14.5. The molecule has 1 aromatic rings. The third-order valence-corrected chi connectivity index (χ3v) is 3.89. The standard InChI is InChI=1S/C15H24N2O3/c1-4-17-7-5-6-12(10-17)16-9-13-8-14(11(2)20-13)15(18)19-3/h8,12,16H,4-7,9-10H2,1-3H3. The Morgan fingerprint density at radius 1 is 1.60 bits per heavy atom. The van der Waals surface area contributed by atoms with E-state index in [1.807, 2.05) is 0 Å². The summed E-state index contributed by atoms with van der Waals surface area (Å²) in [5.74, 6) is 1.07. The Bertz CT molecular complexity index is 456. The Morgan fingerprint density at radius 2 is 2.40 bits per heavy atom. The first-order chi connectivity index (χ1) is 9.63. The van der Waals surface area contributed by atoms with Gasteiger partial charge < -0.3 is 19.4 Å². The number of furan rings is 1. The molecule has 0 spiro atoms. The van der Waals surface area contributed by atoms with Crippen LogP contribution in [0.3, 0.4) is 0 Å². The minimum absolute atomic E-state index is 0.340. The van der Waals surface area contributed by atoms with Crippen molar-refractivity contribution in [1.29, 1.82) is 0 Å². The molecule has 1 unspecified atom stereocenters. The van der Waals surface area contributed by atoms with Crippen molar-refractivity contribution in [2.24, 2.45) is 0 Å². The molecule has 2 rings (SSSR count). The molecule has 5 nitrogen and oxygen atoms in total. The number of ether oxygens (including phenoxy) is 1. The van der Waals surface area contributed by atoms with E-state index in [9.17, 15) is 4.79 Å². The molecule has 20 heavy (non-hydrogen) atoms. The van der Waals surface area contributed by atoms with Crippen molar-refractivity contribution < 1.29 is 13.9 Å². The molecule has 1 aliphatic heterocycles. The third kappa shape index (κ3) is 3.61. The van der Waals surface area contributed by atoms with Gasteiger partial charge in [0, 0.05) is 12.6 Å². The van der Waals surface area contributed by atoms with Crippen LogP contribution in [0.5, 0.6) is 0 Å². The number of likely N-dealkylation sites (tertiary alicyclic amines) is 1. The summed E-state index contributed by atoms with van der Waals surface area (Å²) >= 11 is 0. The van der Waals surface area contributed by atoms with E-state index in [4.69, 9.17) is 9.15 Å². The molecule has 0 aromatic carbocycles.